The minimum Gasteiger partial charge on any atom is -0.465 e. The second-order valence-corrected chi connectivity index (χ2v) is 17.4. The third-order valence-electron chi connectivity index (χ3n) is 12.6. The Bertz CT molecular complexity index is 2480. The van der Waals surface area contributed by atoms with Crippen LogP contribution in [0.3, 0.4) is 0 Å². The number of nitrogens with one attached hydrogen (secondary N) is 4. The first-order chi connectivity index (χ1) is 27.8. The van der Waals surface area contributed by atoms with Crippen molar-refractivity contribution in [3.8, 4) is 22.4 Å². The topological polar surface area (TPSA) is 186 Å². The van der Waals surface area contributed by atoms with Gasteiger partial charge in [-0.2, -0.15) is 0 Å². The summed E-state index contributed by atoms with van der Waals surface area (Å²) in [6, 6.07) is 16.7. The average molecular weight is 807 g/mol. The lowest BCUT2D eigenvalue weighted by molar-refractivity contribution is -0.137. The number of hydrogen-bond acceptors (Lipinski definition) is 7. The predicted molar refractivity (Wildman–Crippen MR) is 218 cm³/mol. The maximum Gasteiger partial charge on any atom is 0.407 e. The number of likely N-dealkylation sites (tertiary alicyclic amines) is 2. The van der Waals surface area contributed by atoms with Gasteiger partial charge >= 0.3 is 12.2 Å². The van der Waals surface area contributed by atoms with Crippen LogP contribution < -0.4 is 10.6 Å². The van der Waals surface area contributed by atoms with Crippen LogP contribution in [0.2, 0.25) is 5.15 Å². The summed E-state index contributed by atoms with van der Waals surface area (Å²) in [4.78, 5) is 71.5. The zero-order chi connectivity index (χ0) is 40.7. The second kappa shape index (κ2) is 14.3. The van der Waals surface area contributed by atoms with Crippen molar-refractivity contribution in [2.24, 2.45) is 23.7 Å². The van der Waals surface area contributed by atoms with Crippen molar-refractivity contribution in [3.05, 3.63) is 71.4 Å². The fourth-order valence-electron chi connectivity index (χ4n) is 9.36. The first-order valence-electron chi connectivity index (χ1n) is 20.1. The number of rotatable bonds is 10. The van der Waals surface area contributed by atoms with Gasteiger partial charge in [-0.25, -0.2) is 19.6 Å². The summed E-state index contributed by atoms with van der Waals surface area (Å²) < 4.78 is 4.80. The largest absolute Gasteiger partial charge is 0.465 e. The molecule has 58 heavy (non-hydrogen) atoms. The lowest BCUT2D eigenvalue weighted by atomic mass is 9.99. The third kappa shape index (κ3) is 6.70. The summed E-state index contributed by atoms with van der Waals surface area (Å²) in [5.41, 5.74) is 5.25. The van der Waals surface area contributed by atoms with Crippen LogP contribution in [0.15, 0.2) is 54.6 Å². The molecule has 14 nitrogen and oxygen atoms in total. The van der Waals surface area contributed by atoms with E-state index in [9.17, 15) is 24.3 Å². The minimum atomic E-state index is -1.21. The Morgan fingerprint density at radius 2 is 1.28 bits per heavy atom. The number of amides is 4. The second-order valence-electron chi connectivity index (χ2n) is 17.1. The molecule has 3 aromatic carbocycles. The van der Waals surface area contributed by atoms with Crippen LogP contribution in [0.4, 0.5) is 9.59 Å². The Morgan fingerprint density at radius 1 is 0.741 bits per heavy atom. The number of aromatic nitrogens is 4. The van der Waals surface area contributed by atoms with Gasteiger partial charge in [-0.1, -0.05) is 69.6 Å². The highest BCUT2D eigenvalue weighted by Crippen LogP contribution is 2.55. The van der Waals surface area contributed by atoms with Crippen molar-refractivity contribution in [2.75, 3.05) is 7.11 Å². The molecule has 4 fully saturated rings. The van der Waals surface area contributed by atoms with Gasteiger partial charge in [0.2, 0.25) is 11.8 Å². The van der Waals surface area contributed by atoms with E-state index in [0.717, 1.165) is 70.0 Å². The summed E-state index contributed by atoms with van der Waals surface area (Å²) in [7, 11) is 1.29. The quantitative estimate of drug-likeness (QED) is 0.0965. The van der Waals surface area contributed by atoms with Gasteiger partial charge in [0.05, 0.1) is 35.9 Å². The number of carbonyl (C=O) groups is 4. The van der Waals surface area contributed by atoms with Crippen LogP contribution in [-0.4, -0.2) is 90.1 Å². The van der Waals surface area contributed by atoms with Crippen LogP contribution in [0, 0.1) is 23.7 Å². The minimum absolute atomic E-state index is 0.113. The van der Waals surface area contributed by atoms with E-state index in [1.165, 1.54) is 7.11 Å². The molecule has 8 atom stereocenters. The molecule has 4 heterocycles. The molecule has 15 heteroatoms. The third-order valence-corrected chi connectivity index (χ3v) is 12.9. The number of halogens is 1. The van der Waals surface area contributed by atoms with E-state index >= 15 is 0 Å². The van der Waals surface area contributed by atoms with Crippen molar-refractivity contribution in [2.45, 2.75) is 89.6 Å². The van der Waals surface area contributed by atoms with Crippen LogP contribution in [0.1, 0.15) is 77.1 Å². The van der Waals surface area contributed by atoms with Crippen LogP contribution >= 0.6 is 11.6 Å². The number of benzene rings is 3. The Kier molecular flexibility index (Phi) is 9.37. The van der Waals surface area contributed by atoms with Crippen molar-refractivity contribution < 1.29 is 29.0 Å². The summed E-state index contributed by atoms with van der Waals surface area (Å²) in [6.07, 6.45) is 1.61. The van der Waals surface area contributed by atoms with E-state index in [0.29, 0.717) is 28.5 Å². The number of H-pyrrole nitrogens is 2. The Labute approximate surface area is 340 Å². The molecule has 2 aliphatic carbocycles. The van der Waals surface area contributed by atoms with Gasteiger partial charge in [0.25, 0.3) is 0 Å². The first-order valence-corrected chi connectivity index (χ1v) is 20.4. The standard InChI is InChI=1S/C43H47ClN8O6/c1-19(2)34(48-42(55)56)40(53)51-30-15-26(30)17-32(51)38-45-28-11-10-24(14-29(28)46-38)22-6-7-23-13-25(9-8-21(23)12-22)36-37(44)50-39(47-36)33-18-27-16-31(27)52(33)41(54)35(20(3)4)49-43(57)58-5/h6-14,19-20,26-27,30-35,48H,15-18H2,1-5H3,(H,45,46)(H,47,50)(H,49,57)(H,55,56)/t26-,27+,30-,31-,32+,33+,34+,35+/m1/s1. The maximum atomic E-state index is 13.9. The smallest absolute Gasteiger partial charge is 0.407 e. The van der Waals surface area contributed by atoms with E-state index < -0.39 is 24.3 Å². The van der Waals surface area contributed by atoms with Gasteiger partial charge in [0.1, 0.15) is 23.7 Å². The molecule has 5 N–H and O–H groups in total. The number of aromatic amines is 2. The highest BCUT2D eigenvalue weighted by molar-refractivity contribution is 6.32. The molecule has 0 spiro atoms. The summed E-state index contributed by atoms with van der Waals surface area (Å²) in [6.45, 7) is 7.50. The van der Waals surface area contributed by atoms with E-state index in [-0.39, 0.29) is 47.8 Å². The SMILES string of the molecule is COC(=O)N[C@H](C(=O)N1[C@@H]2C[C@H]2C[C@H]1c1nc(Cl)c(-c2ccc3cc(-c4ccc5[nH]c([C@@H]6C[C@H]7C[C@H]7N6C(=O)[C@@H](NC(=O)O)C(C)C)nc5c4)ccc3c2)[nH]1)C(C)C. The van der Waals surface area contributed by atoms with Gasteiger partial charge in [-0.05, 0) is 95.5 Å². The zero-order valence-electron chi connectivity index (χ0n) is 33.0. The number of ether oxygens (including phenoxy) is 1. The molecule has 302 valence electrons. The van der Waals surface area contributed by atoms with E-state index in [1.807, 2.05) is 49.6 Å². The molecule has 0 bridgehead atoms. The molecule has 2 aliphatic heterocycles. The number of carboxylic acid groups (broad SMARTS) is 1. The number of fused-ring (bicyclic) bond motifs is 4. The number of alkyl carbamates (subject to hydrolysis) is 1. The van der Waals surface area contributed by atoms with Crippen molar-refractivity contribution in [3.63, 3.8) is 0 Å². The molecule has 2 saturated carbocycles. The monoisotopic (exact) mass is 806 g/mol. The Balaban J connectivity index is 0.941. The Hall–Kier alpha value is -5.63. The van der Waals surface area contributed by atoms with Gasteiger partial charge in [-0.15, -0.1) is 0 Å². The lowest BCUT2D eigenvalue weighted by Gasteiger charge is -2.31. The number of carbonyl (C=O) groups excluding carboxylic acids is 3. The fourth-order valence-corrected chi connectivity index (χ4v) is 9.61. The van der Waals surface area contributed by atoms with Crippen LogP contribution in [0.25, 0.3) is 44.2 Å². The first kappa shape index (κ1) is 37.9. The average Bonchev–Trinajstić information content (AvgIpc) is 3.88. The molecular weight excluding hydrogens is 760 g/mol. The van der Waals surface area contributed by atoms with E-state index in [4.69, 9.17) is 26.3 Å². The number of methoxy groups -OCH3 is 1. The number of nitrogens with zero attached hydrogens (tertiary/aromatic N) is 4. The normalized spacial score (nSPS) is 24.2. The molecule has 5 aromatic rings. The van der Waals surface area contributed by atoms with E-state index in [2.05, 4.69) is 63.1 Å². The summed E-state index contributed by atoms with van der Waals surface area (Å²) >= 11 is 6.79. The zero-order valence-corrected chi connectivity index (χ0v) is 33.7. The molecule has 2 aromatic heterocycles. The molecule has 4 aliphatic rings. The number of piperidine rings is 2. The molecule has 4 amide bonds. The highest BCUT2D eigenvalue weighted by atomic mass is 35.5. The van der Waals surface area contributed by atoms with E-state index in [1.54, 1.807) is 0 Å². The van der Waals surface area contributed by atoms with Crippen LogP contribution in [0.5, 0.6) is 0 Å². The van der Waals surface area contributed by atoms with Gasteiger partial charge < -0.3 is 40.2 Å². The molecule has 2 saturated heterocycles. The molecule has 0 unspecified atom stereocenters. The maximum absolute atomic E-state index is 13.9. The summed E-state index contributed by atoms with van der Waals surface area (Å²) in [5, 5.41) is 17.0. The van der Waals surface area contributed by atoms with Gasteiger partial charge in [0, 0.05) is 17.6 Å². The Morgan fingerprint density at radius 3 is 1.86 bits per heavy atom. The van der Waals surface area contributed by atoms with Crippen molar-refractivity contribution in [1.29, 1.82) is 0 Å². The summed E-state index contributed by atoms with van der Waals surface area (Å²) in [5.74, 6) is 1.48. The van der Waals surface area contributed by atoms with Gasteiger partial charge in [0.15, 0.2) is 5.15 Å². The molecule has 0 radical (unpaired) electrons. The van der Waals surface area contributed by atoms with Crippen molar-refractivity contribution in [1.82, 2.24) is 40.4 Å². The molecule has 9 rings (SSSR count). The highest BCUT2D eigenvalue weighted by Gasteiger charge is 2.57. The van der Waals surface area contributed by atoms with Crippen LogP contribution in [-0.2, 0) is 14.3 Å². The van der Waals surface area contributed by atoms with Crippen molar-refractivity contribution >= 4 is 57.4 Å². The van der Waals surface area contributed by atoms with Gasteiger partial charge in [-0.3, -0.25) is 9.59 Å². The lowest BCUT2D eigenvalue weighted by Crippen LogP contribution is -2.52. The molecular formula is C43H47ClN8O6. The fraction of sp³-hybridized carbons (Fsp3) is 0.442. The number of hydrogen-bond donors (Lipinski definition) is 5. The predicted octanol–water partition coefficient (Wildman–Crippen LogP) is 7.42. The number of imidazole rings is 2.